The first kappa shape index (κ1) is 10.6. The minimum Gasteiger partial charge on any atom is -0.480 e. The molecule has 2 N–H and O–H groups in total. The van der Waals surface area contributed by atoms with Gasteiger partial charge >= 0.3 is 5.97 Å². The molecule has 1 amide bonds. The van der Waals surface area contributed by atoms with E-state index in [0.29, 0.717) is 0 Å². The van der Waals surface area contributed by atoms with Crippen molar-refractivity contribution in [3.63, 3.8) is 0 Å². The molecule has 1 aromatic heterocycles. The topological polar surface area (TPSA) is 104 Å². The van der Waals surface area contributed by atoms with Gasteiger partial charge in [0.05, 0.1) is 6.10 Å². The first-order chi connectivity index (χ1) is 7.59. The van der Waals surface area contributed by atoms with Crippen LogP contribution in [0, 0.1) is 0 Å². The number of amides is 1. The number of nitrogens with zero attached hydrogens (tertiary/aromatic N) is 2. The van der Waals surface area contributed by atoms with E-state index in [1.165, 1.54) is 12.3 Å². The summed E-state index contributed by atoms with van der Waals surface area (Å²) in [5.41, 5.74) is 0.0420. The predicted molar refractivity (Wildman–Crippen MR) is 49.6 cm³/mol. The standard InChI is InChI=1S/C9H10N2O5/c12-5-3-7(9(14)15)11(4-5)8(13)6-1-2-16-10-6/h1-2,5,7,12H,3-4H2,(H,14,15)/t5-,7-/m1/s1. The Morgan fingerprint density at radius 2 is 2.31 bits per heavy atom. The summed E-state index contributed by atoms with van der Waals surface area (Å²) in [5, 5.41) is 21.7. The summed E-state index contributed by atoms with van der Waals surface area (Å²) < 4.78 is 4.51. The van der Waals surface area contributed by atoms with Crippen molar-refractivity contribution in [2.75, 3.05) is 6.54 Å². The highest BCUT2D eigenvalue weighted by Crippen LogP contribution is 2.20. The smallest absolute Gasteiger partial charge is 0.326 e. The van der Waals surface area contributed by atoms with Crippen LogP contribution in [0.5, 0.6) is 0 Å². The third-order valence-electron chi connectivity index (χ3n) is 2.48. The van der Waals surface area contributed by atoms with E-state index in [1.807, 2.05) is 0 Å². The van der Waals surface area contributed by atoms with Crippen molar-refractivity contribution in [1.82, 2.24) is 10.1 Å². The van der Waals surface area contributed by atoms with Gasteiger partial charge in [-0.15, -0.1) is 0 Å². The normalized spacial score (nSPS) is 24.7. The van der Waals surface area contributed by atoms with Crippen molar-refractivity contribution < 1.29 is 24.3 Å². The Balaban J connectivity index is 2.20. The number of carbonyl (C=O) groups is 2. The molecule has 0 bridgehead atoms. The van der Waals surface area contributed by atoms with E-state index in [4.69, 9.17) is 5.11 Å². The Morgan fingerprint density at radius 3 is 2.88 bits per heavy atom. The first-order valence-electron chi connectivity index (χ1n) is 4.72. The molecule has 0 aromatic carbocycles. The molecular formula is C9H10N2O5. The lowest BCUT2D eigenvalue weighted by atomic mass is 10.2. The number of carboxylic acid groups (broad SMARTS) is 1. The summed E-state index contributed by atoms with van der Waals surface area (Å²) in [6.07, 6.45) is 0.464. The van der Waals surface area contributed by atoms with Gasteiger partial charge in [-0.25, -0.2) is 4.79 Å². The molecule has 7 nitrogen and oxygen atoms in total. The number of aliphatic carboxylic acids is 1. The Morgan fingerprint density at radius 1 is 1.56 bits per heavy atom. The highest BCUT2D eigenvalue weighted by Gasteiger charge is 2.39. The molecule has 1 aliphatic rings. The van der Waals surface area contributed by atoms with Gasteiger partial charge in [0.15, 0.2) is 5.69 Å². The fraction of sp³-hybridized carbons (Fsp3) is 0.444. The number of carboxylic acids is 1. The zero-order valence-corrected chi connectivity index (χ0v) is 8.24. The van der Waals surface area contributed by atoms with E-state index >= 15 is 0 Å². The molecule has 0 radical (unpaired) electrons. The average molecular weight is 226 g/mol. The molecule has 2 heterocycles. The second-order valence-electron chi connectivity index (χ2n) is 3.59. The SMILES string of the molecule is O=C(O)[C@H]1C[C@@H](O)CN1C(=O)c1ccon1. The molecule has 1 aliphatic heterocycles. The van der Waals surface area contributed by atoms with Gasteiger partial charge in [-0.1, -0.05) is 5.16 Å². The molecule has 86 valence electrons. The highest BCUT2D eigenvalue weighted by atomic mass is 16.5. The van der Waals surface area contributed by atoms with Gasteiger partial charge in [0, 0.05) is 19.0 Å². The number of likely N-dealkylation sites (tertiary alicyclic amines) is 1. The number of carbonyl (C=O) groups excluding carboxylic acids is 1. The summed E-state index contributed by atoms with van der Waals surface area (Å²) in [7, 11) is 0. The van der Waals surface area contributed by atoms with Gasteiger partial charge in [0.1, 0.15) is 12.3 Å². The van der Waals surface area contributed by atoms with Crippen LogP contribution in [0.25, 0.3) is 0 Å². The monoisotopic (exact) mass is 226 g/mol. The highest BCUT2D eigenvalue weighted by molar-refractivity contribution is 5.95. The van der Waals surface area contributed by atoms with Crippen LogP contribution in [0.15, 0.2) is 16.9 Å². The molecule has 0 saturated carbocycles. The molecule has 0 spiro atoms. The van der Waals surface area contributed by atoms with Crippen LogP contribution >= 0.6 is 0 Å². The van der Waals surface area contributed by atoms with Crippen LogP contribution in [0.2, 0.25) is 0 Å². The van der Waals surface area contributed by atoms with Gasteiger partial charge < -0.3 is 19.6 Å². The number of hydrogen-bond donors (Lipinski definition) is 2. The number of aliphatic hydroxyl groups excluding tert-OH is 1. The predicted octanol–water partition coefficient (Wildman–Crippen LogP) is -0.665. The number of aromatic nitrogens is 1. The summed E-state index contributed by atoms with van der Waals surface area (Å²) >= 11 is 0. The summed E-state index contributed by atoms with van der Waals surface area (Å²) in [4.78, 5) is 23.8. The zero-order valence-electron chi connectivity index (χ0n) is 8.24. The number of β-amino-alcohol motifs (C(OH)–C–C–N with tert-alkyl or cyclic N) is 1. The van der Waals surface area contributed by atoms with Crippen molar-refractivity contribution in [2.45, 2.75) is 18.6 Å². The van der Waals surface area contributed by atoms with E-state index in [2.05, 4.69) is 9.68 Å². The lowest BCUT2D eigenvalue weighted by Gasteiger charge is -2.19. The van der Waals surface area contributed by atoms with E-state index < -0.39 is 24.0 Å². The maximum absolute atomic E-state index is 11.8. The lowest BCUT2D eigenvalue weighted by Crippen LogP contribution is -2.40. The molecule has 16 heavy (non-hydrogen) atoms. The van der Waals surface area contributed by atoms with Crippen molar-refractivity contribution in [3.05, 3.63) is 18.0 Å². The van der Waals surface area contributed by atoms with E-state index in [0.717, 1.165) is 4.90 Å². The molecule has 1 saturated heterocycles. The van der Waals surface area contributed by atoms with Crippen molar-refractivity contribution in [1.29, 1.82) is 0 Å². The number of hydrogen-bond acceptors (Lipinski definition) is 5. The Kier molecular flexibility index (Phi) is 2.61. The van der Waals surface area contributed by atoms with Gasteiger partial charge in [-0.2, -0.15) is 0 Å². The average Bonchev–Trinajstić information content (AvgIpc) is 2.84. The van der Waals surface area contributed by atoms with Gasteiger partial charge in [0.2, 0.25) is 0 Å². The third kappa shape index (κ3) is 1.76. The molecule has 0 aliphatic carbocycles. The maximum atomic E-state index is 11.8. The molecule has 2 atom stereocenters. The first-order valence-corrected chi connectivity index (χ1v) is 4.72. The Bertz CT molecular complexity index is 402. The van der Waals surface area contributed by atoms with Gasteiger partial charge in [0.25, 0.3) is 5.91 Å². The molecule has 1 fully saturated rings. The van der Waals surface area contributed by atoms with Crippen molar-refractivity contribution >= 4 is 11.9 Å². The van der Waals surface area contributed by atoms with Gasteiger partial charge in [-0.3, -0.25) is 4.79 Å². The van der Waals surface area contributed by atoms with Crippen LogP contribution in [0.1, 0.15) is 16.9 Å². The third-order valence-corrected chi connectivity index (χ3v) is 2.48. The van der Waals surface area contributed by atoms with E-state index in [1.54, 1.807) is 0 Å². The lowest BCUT2D eigenvalue weighted by molar-refractivity contribution is -0.141. The minimum absolute atomic E-state index is 0.00264. The van der Waals surface area contributed by atoms with Crippen LogP contribution < -0.4 is 0 Å². The summed E-state index contributed by atoms with van der Waals surface area (Å²) in [6, 6.07) is 0.352. The van der Waals surface area contributed by atoms with Crippen LogP contribution in [-0.4, -0.2) is 50.8 Å². The van der Waals surface area contributed by atoms with Crippen LogP contribution in [-0.2, 0) is 4.79 Å². The fourth-order valence-corrected chi connectivity index (χ4v) is 1.74. The largest absolute Gasteiger partial charge is 0.480 e. The van der Waals surface area contributed by atoms with E-state index in [-0.39, 0.29) is 18.7 Å². The quantitative estimate of drug-likeness (QED) is 0.693. The summed E-state index contributed by atoms with van der Waals surface area (Å²) in [5.74, 6) is -1.67. The fourth-order valence-electron chi connectivity index (χ4n) is 1.74. The Hall–Kier alpha value is -1.89. The van der Waals surface area contributed by atoms with E-state index in [9.17, 15) is 14.7 Å². The number of aliphatic hydroxyl groups is 1. The summed E-state index contributed by atoms with van der Waals surface area (Å²) in [6.45, 7) is 0.00264. The number of rotatable bonds is 2. The molecule has 7 heteroatoms. The molecule has 0 unspecified atom stereocenters. The van der Waals surface area contributed by atoms with Crippen LogP contribution in [0.3, 0.4) is 0 Å². The Labute approximate surface area is 90.3 Å². The van der Waals surface area contributed by atoms with Gasteiger partial charge in [-0.05, 0) is 0 Å². The molecule has 1 aromatic rings. The molecule has 2 rings (SSSR count). The van der Waals surface area contributed by atoms with Crippen LogP contribution in [0.4, 0.5) is 0 Å². The second-order valence-corrected chi connectivity index (χ2v) is 3.59. The minimum atomic E-state index is -1.13. The van der Waals surface area contributed by atoms with Crippen molar-refractivity contribution in [3.8, 4) is 0 Å². The molecular weight excluding hydrogens is 216 g/mol. The van der Waals surface area contributed by atoms with Crippen molar-refractivity contribution in [2.24, 2.45) is 0 Å². The maximum Gasteiger partial charge on any atom is 0.326 e. The zero-order chi connectivity index (χ0) is 11.7. The second kappa shape index (κ2) is 3.93.